The molecule has 0 amide bonds. The summed E-state index contributed by atoms with van der Waals surface area (Å²) >= 11 is 6.71. The predicted molar refractivity (Wildman–Crippen MR) is 75.9 cm³/mol. The van der Waals surface area contributed by atoms with Crippen molar-refractivity contribution in [3.63, 3.8) is 0 Å². The molecule has 0 aliphatic rings. The van der Waals surface area contributed by atoms with Gasteiger partial charge < -0.3 is 10.2 Å². The van der Waals surface area contributed by atoms with E-state index in [1.54, 1.807) is 0 Å². The van der Waals surface area contributed by atoms with E-state index in [0.717, 1.165) is 27.7 Å². The van der Waals surface area contributed by atoms with Gasteiger partial charge in [-0.25, -0.2) is 0 Å². The molecule has 90 valence electrons. The largest absolute Gasteiger partial charge is 0.453 e. The lowest BCUT2D eigenvalue weighted by Crippen LogP contribution is -2.25. The molecule has 17 heavy (non-hydrogen) atoms. The highest BCUT2D eigenvalue weighted by Gasteiger charge is 2.11. The minimum absolute atomic E-state index is 0.0716. The third-order valence-corrected chi connectivity index (χ3v) is 4.21. The Labute approximate surface area is 117 Å². The first-order valence-electron chi connectivity index (χ1n) is 5.38. The molecular weight excluding hydrogens is 346 g/mol. The Morgan fingerprint density at radius 3 is 2.41 bits per heavy atom. The number of nitrogens with two attached hydrogens (primary N) is 1. The molecule has 1 atom stereocenters. The fourth-order valence-electron chi connectivity index (χ4n) is 1.74. The van der Waals surface area contributed by atoms with Gasteiger partial charge in [0.25, 0.3) is 0 Å². The molecule has 0 radical (unpaired) electrons. The van der Waals surface area contributed by atoms with E-state index in [0.29, 0.717) is 0 Å². The Morgan fingerprint density at radius 1 is 1.12 bits per heavy atom. The minimum Gasteiger partial charge on any atom is -0.453 e. The average molecular weight is 359 g/mol. The molecule has 1 aromatic heterocycles. The van der Waals surface area contributed by atoms with E-state index in [-0.39, 0.29) is 6.04 Å². The maximum atomic E-state index is 6.11. The smallest absolute Gasteiger partial charge is 0.183 e. The van der Waals surface area contributed by atoms with Gasteiger partial charge in [-0.2, -0.15) is 0 Å². The molecule has 2 N–H and O–H groups in total. The van der Waals surface area contributed by atoms with Crippen LogP contribution in [0.25, 0.3) is 0 Å². The lowest BCUT2D eigenvalue weighted by molar-refractivity contribution is 0.465. The summed E-state index contributed by atoms with van der Waals surface area (Å²) in [6.07, 6.45) is 1.59. The van der Waals surface area contributed by atoms with Crippen LogP contribution in [0.2, 0.25) is 0 Å². The minimum atomic E-state index is 0.0716. The van der Waals surface area contributed by atoms with Crippen molar-refractivity contribution in [2.45, 2.75) is 18.9 Å². The first-order chi connectivity index (χ1) is 8.15. The summed E-state index contributed by atoms with van der Waals surface area (Å²) in [7, 11) is 0. The van der Waals surface area contributed by atoms with Crippen LogP contribution >= 0.6 is 31.9 Å². The second-order valence-corrected chi connectivity index (χ2v) is 5.56. The summed E-state index contributed by atoms with van der Waals surface area (Å²) in [5.74, 6) is 0.896. The van der Waals surface area contributed by atoms with Crippen LogP contribution in [0, 0.1) is 0 Å². The molecule has 0 spiro atoms. The van der Waals surface area contributed by atoms with Crippen LogP contribution in [0.5, 0.6) is 0 Å². The maximum Gasteiger partial charge on any atom is 0.183 e. The zero-order valence-corrected chi connectivity index (χ0v) is 12.4. The normalized spacial score (nSPS) is 12.6. The molecule has 0 fully saturated rings. The van der Waals surface area contributed by atoms with Crippen molar-refractivity contribution in [1.29, 1.82) is 0 Å². The van der Waals surface area contributed by atoms with Crippen LogP contribution in [-0.4, -0.2) is 6.04 Å². The molecule has 0 bridgehead atoms. The van der Waals surface area contributed by atoms with Crippen molar-refractivity contribution in [2.24, 2.45) is 5.73 Å². The van der Waals surface area contributed by atoms with Gasteiger partial charge in [0.1, 0.15) is 5.76 Å². The average Bonchev–Trinajstić information content (AvgIpc) is 2.59. The third kappa shape index (κ3) is 3.69. The van der Waals surface area contributed by atoms with Gasteiger partial charge in [-0.15, -0.1) is 0 Å². The molecule has 0 saturated heterocycles. The zero-order valence-electron chi connectivity index (χ0n) is 9.20. The second kappa shape index (κ2) is 5.85. The number of furan rings is 1. The van der Waals surface area contributed by atoms with E-state index in [2.05, 4.69) is 44.0 Å². The van der Waals surface area contributed by atoms with Crippen molar-refractivity contribution in [2.75, 3.05) is 0 Å². The fourth-order valence-corrected chi connectivity index (χ4v) is 2.40. The number of benzene rings is 1. The van der Waals surface area contributed by atoms with Crippen molar-refractivity contribution in [3.8, 4) is 0 Å². The standard InChI is InChI=1S/C13H13Br2NO/c14-12-8-11(17-13(12)15)7-10(16)6-9-4-2-1-3-5-9/h1-5,8,10H,6-7,16H2. The van der Waals surface area contributed by atoms with Gasteiger partial charge in [0, 0.05) is 12.5 Å². The van der Waals surface area contributed by atoms with Gasteiger partial charge in [0.15, 0.2) is 4.67 Å². The Morgan fingerprint density at radius 2 is 1.82 bits per heavy atom. The van der Waals surface area contributed by atoms with Crippen LogP contribution < -0.4 is 5.73 Å². The van der Waals surface area contributed by atoms with Crippen molar-refractivity contribution >= 4 is 31.9 Å². The summed E-state index contributed by atoms with van der Waals surface area (Å²) in [6.45, 7) is 0. The molecule has 4 heteroatoms. The third-order valence-electron chi connectivity index (χ3n) is 2.50. The van der Waals surface area contributed by atoms with Crippen LogP contribution in [0.1, 0.15) is 11.3 Å². The molecule has 2 nitrogen and oxygen atoms in total. The summed E-state index contributed by atoms with van der Waals surface area (Å²) in [6, 6.07) is 12.3. The number of hydrogen-bond acceptors (Lipinski definition) is 2. The van der Waals surface area contributed by atoms with Crippen LogP contribution in [0.3, 0.4) is 0 Å². The van der Waals surface area contributed by atoms with Gasteiger partial charge in [-0.05, 0) is 49.9 Å². The highest BCUT2D eigenvalue weighted by atomic mass is 79.9. The summed E-state index contributed by atoms with van der Waals surface area (Å²) in [5, 5.41) is 0. The first-order valence-corrected chi connectivity index (χ1v) is 6.97. The topological polar surface area (TPSA) is 39.2 Å². The van der Waals surface area contributed by atoms with Crippen molar-refractivity contribution < 1.29 is 4.42 Å². The summed E-state index contributed by atoms with van der Waals surface area (Å²) in [5.41, 5.74) is 7.36. The first kappa shape index (κ1) is 12.9. The number of halogens is 2. The molecule has 2 rings (SSSR count). The van der Waals surface area contributed by atoms with E-state index < -0.39 is 0 Å². The van der Waals surface area contributed by atoms with Crippen LogP contribution in [-0.2, 0) is 12.8 Å². The number of rotatable bonds is 4. The van der Waals surface area contributed by atoms with Crippen molar-refractivity contribution in [1.82, 2.24) is 0 Å². The zero-order chi connectivity index (χ0) is 12.3. The maximum absolute atomic E-state index is 6.11. The highest BCUT2D eigenvalue weighted by molar-refractivity contribution is 9.13. The Bertz CT molecular complexity index is 462. The quantitative estimate of drug-likeness (QED) is 0.899. The Balaban J connectivity index is 1.95. The molecule has 1 heterocycles. The molecule has 0 aliphatic carbocycles. The van der Waals surface area contributed by atoms with Crippen LogP contribution in [0.4, 0.5) is 0 Å². The SMILES string of the molecule is NC(Cc1ccccc1)Cc1cc(Br)c(Br)o1. The molecule has 1 unspecified atom stereocenters. The Kier molecular flexibility index (Phi) is 4.42. The monoisotopic (exact) mass is 357 g/mol. The molecule has 0 aliphatic heterocycles. The van der Waals surface area contributed by atoms with Gasteiger partial charge in [-0.3, -0.25) is 0 Å². The van der Waals surface area contributed by atoms with E-state index in [4.69, 9.17) is 10.2 Å². The molecule has 1 aromatic carbocycles. The predicted octanol–water partition coefficient (Wildman–Crippen LogP) is 3.92. The van der Waals surface area contributed by atoms with E-state index >= 15 is 0 Å². The summed E-state index contributed by atoms with van der Waals surface area (Å²) < 4.78 is 7.16. The van der Waals surface area contributed by atoms with E-state index in [1.165, 1.54) is 5.56 Å². The molecular formula is C13H13Br2NO. The number of hydrogen-bond donors (Lipinski definition) is 1. The van der Waals surface area contributed by atoms with E-state index in [9.17, 15) is 0 Å². The lowest BCUT2D eigenvalue weighted by atomic mass is 10.0. The second-order valence-electron chi connectivity index (χ2n) is 3.99. The van der Waals surface area contributed by atoms with Gasteiger partial charge >= 0.3 is 0 Å². The van der Waals surface area contributed by atoms with E-state index in [1.807, 2.05) is 24.3 Å². The van der Waals surface area contributed by atoms with Crippen molar-refractivity contribution in [3.05, 3.63) is 56.9 Å². The Hall–Kier alpha value is -0.580. The summed E-state index contributed by atoms with van der Waals surface area (Å²) in [4.78, 5) is 0. The molecule has 2 aromatic rings. The highest BCUT2D eigenvalue weighted by Crippen LogP contribution is 2.27. The van der Waals surface area contributed by atoms with Gasteiger partial charge in [0.2, 0.25) is 0 Å². The van der Waals surface area contributed by atoms with Gasteiger partial charge in [-0.1, -0.05) is 30.3 Å². The fraction of sp³-hybridized carbons (Fsp3) is 0.231. The molecule has 0 saturated carbocycles. The lowest BCUT2D eigenvalue weighted by Gasteiger charge is -2.09. The van der Waals surface area contributed by atoms with Crippen LogP contribution in [0.15, 0.2) is 50.0 Å². The van der Waals surface area contributed by atoms with Gasteiger partial charge in [0.05, 0.1) is 4.47 Å².